The maximum absolute atomic E-state index is 12.1. The molecule has 0 aliphatic heterocycles. The van der Waals surface area contributed by atoms with Crippen LogP contribution in [0.25, 0.3) is 0 Å². The molecule has 0 amide bonds. The van der Waals surface area contributed by atoms with Crippen molar-refractivity contribution in [3.63, 3.8) is 0 Å². The van der Waals surface area contributed by atoms with E-state index in [2.05, 4.69) is 31.2 Å². The van der Waals surface area contributed by atoms with Crippen LogP contribution >= 0.6 is 0 Å². The van der Waals surface area contributed by atoms with Crippen molar-refractivity contribution >= 4 is 5.97 Å². The van der Waals surface area contributed by atoms with Crippen LogP contribution in [0.5, 0.6) is 0 Å². The Morgan fingerprint density at radius 3 is 2.27 bits per heavy atom. The first-order valence-electron chi connectivity index (χ1n) is 8.04. The molecule has 0 saturated heterocycles. The van der Waals surface area contributed by atoms with Crippen LogP contribution in [0.3, 0.4) is 0 Å². The van der Waals surface area contributed by atoms with Gasteiger partial charge in [-0.05, 0) is 29.9 Å². The smallest absolute Gasteiger partial charge is 0.306 e. The number of benzene rings is 2. The van der Waals surface area contributed by atoms with Crippen molar-refractivity contribution in [1.82, 2.24) is 0 Å². The lowest BCUT2D eigenvalue weighted by molar-refractivity contribution is -0.144. The van der Waals surface area contributed by atoms with E-state index in [4.69, 9.17) is 4.74 Å². The van der Waals surface area contributed by atoms with E-state index >= 15 is 0 Å². The summed E-state index contributed by atoms with van der Waals surface area (Å²) in [5.41, 5.74) is 2.44. The Bertz CT molecular complexity index is 548. The summed E-state index contributed by atoms with van der Waals surface area (Å²) in [6.07, 6.45) is 3.26. The van der Waals surface area contributed by atoms with E-state index in [1.165, 1.54) is 11.1 Å². The normalized spacial score (nSPS) is 11.9. The first kappa shape index (κ1) is 16.3. The number of unbranched alkanes of at least 4 members (excludes halogenated alkanes) is 1. The lowest BCUT2D eigenvalue weighted by atomic mass is 9.89. The van der Waals surface area contributed by atoms with Crippen LogP contribution in [0.2, 0.25) is 0 Å². The second-order valence-corrected chi connectivity index (χ2v) is 5.58. The van der Waals surface area contributed by atoms with Crippen molar-refractivity contribution in [2.45, 2.75) is 38.5 Å². The van der Waals surface area contributed by atoms with Crippen LogP contribution in [-0.4, -0.2) is 12.6 Å². The quantitative estimate of drug-likeness (QED) is 0.519. The highest BCUT2D eigenvalue weighted by atomic mass is 16.5. The number of carbonyl (C=O) groups excluding carboxylic acids is 1. The van der Waals surface area contributed by atoms with Gasteiger partial charge in [-0.3, -0.25) is 4.79 Å². The largest absolute Gasteiger partial charge is 0.466 e. The van der Waals surface area contributed by atoms with Crippen molar-refractivity contribution in [3.05, 3.63) is 71.8 Å². The van der Waals surface area contributed by atoms with Gasteiger partial charge in [0.25, 0.3) is 0 Å². The van der Waals surface area contributed by atoms with Crippen LogP contribution in [0.15, 0.2) is 60.7 Å². The molecule has 2 aromatic rings. The molecule has 0 heterocycles. The van der Waals surface area contributed by atoms with Gasteiger partial charge >= 0.3 is 5.97 Å². The van der Waals surface area contributed by atoms with E-state index in [1.807, 2.05) is 36.4 Å². The van der Waals surface area contributed by atoms with Crippen molar-refractivity contribution in [1.29, 1.82) is 0 Å². The van der Waals surface area contributed by atoms with Crippen LogP contribution in [0.1, 0.15) is 43.2 Å². The molecule has 116 valence electrons. The molecule has 1 atom stereocenters. The van der Waals surface area contributed by atoms with Gasteiger partial charge in [-0.25, -0.2) is 0 Å². The number of hydrogen-bond donors (Lipinski definition) is 0. The van der Waals surface area contributed by atoms with Crippen molar-refractivity contribution in [3.8, 4) is 0 Å². The minimum Gasteiger partial charge on any atom is -0.466 e. The molecule has 0 unspecified atom stereocenters. The van der Waals surface area contributed by atoms with Crippen LogP contribution < -0.4 is 0 Å². The summed E-state index contributed by atoms with van der Waals surface area (Å²) in [4.78, 5) is 12.1. The van der Waals surface area contributed by atoms with E-state index in [9.17, 15) is 4.79 Å². The van der Waals surface area contributed by atoms with E-state index in [-0.39, 0.29) is 11.9 Å². The predicted molar refractivity (Wildman–Crippen MR) is 89.8 cm³/mol. The van der Waals surface area contributed by atoms with Gasteiger partial charge in [-0.2, -0.15) is 0 Å². The Labute approximate surface area is 133 Å². The van der Waals surface area contributed by atoms with Gasteiger partial charge in [0, 0.05) is 0 Å². The van der Waals surface area contributed by atoms with Gasteiger partial charge in [0.1, 0.15) is 0 Å². The fraction of sp³-hybridized carbons (Fsp3) is 0.350. The van der Waals surface area contributed by atoms with Crippen LogP contribution in [0, 0.1) is 0 Å². The van der Waals surface area contributed by atoms with Crippen molar-refractivity contribution < 1.29 is 9.53 Å². The minimum absolute atomic E-state index is 0.0989. The molecule has 0 aromatic heterocycles. The fourth-order valence-corrected chi connectivity index (χ4v) is 2.52. The monoisotopic (exact) mass is 296 g/mol. The van der Waals surface area contributed by atoms with Gasteiger partial charge in [0.2, 0.25) is 0 Å². The second-order valence-electron chi connectivity index (χ2n) is 5.58. The molecular formula is C20H24O2. The SMILES string of the molecule is CCCCOC(=O)C[C@@H](Cc1ccccc1)c1ccccc1. The molecule has 0 saturated carbocycles. The molecule has 0 radical (unpaired) electrons. The Morgan fingerprint density at radius 1 is 1.00 bits per heavy atom. The Hall–Kier alpha value is -2.09. The predicted octanol–water partition coefficient (Wildman–Crippen LogP) is 4.75. The Kier molecular flexibility index (Phi) is 6.69. The molecule has 0 fully saturated rings. The number of carbonyl (C=O) groups is 1. The van der Waals surface area contributed by atoms with Gasteiger partial charge < -0.3 is 4.74 Å². The van der Waals surface area contributed by atoms with Gasteiger partial charge in [0.15, 0.2) is 0 Å². The molecule has 0 bridgehead atoms. The number of esters is 1. The zero-order valence-corrected chi connectivity index (χ0v) is 13.2. The maximum Gasteiger partial charge on any atom is 0.306 e. The van der Waals surface area contributed by atoms with Gasteiger partial charge in [-0.1, -0.05) is 74.0 Å². The van der Waals surface area contributed by atoms with Crippen molar-refractivity contribution in [2.75, 3.05) is 6.61 Å². The van der Waals surface area contributed by atoms with Gasteiger partial charge in [0.05, 0.1) is 13.0 Å². The lowest BCUT2D eigenvalue weighted by Gasteiger charge is -2.17. The highest BCUT2D eigenvalue weighted by Gasteiger charge is 2.17. The molecular weight excluding hydrogens is 272 g/mol. The zero-order valence-electron chi connectivity index (χ0n) is 13.2. The first-order chi connectivity index (χ1) is 10.8. The minimum atomic E-state index is -0.0989. The number of hydrogen-bond acceptors (Lipinski definition) is 2. The maximum atomic E-state index is 12.1. The van der Waals surface area contributed by atoms with Gasteiger partial charge in [-0.15, -0.1) is 0 Å². The van der Waals surface area contributed by atoms with Crippen LogP contribution in [-0.2, 0) is 16.0 Å². The summed E-state index contributed by atoms with van der Waals surface area (Å²) in [5.74, 6) is 0.0657. The third kappa shape index (κ3) is 5.36. The molecule has 2 heteroatoms. The van der Waals surface area contributed by atoms with Crippen molar-refractivity contribution in [2.24, 2.45) is 0 Å². The third-order valence-corrected chi connectivity index (χ3v) is 3.77. The molecule has 2 nitrogen and oxygen atoms in total. The molecule has 0 spiro atoms. The summed E-state index contributed by atoms with van der Waals surface area (Å²) < 4.78 is 5.33. The van der Waals surface area contributed by atoms with E-state index < -0.39 is 0 Å². The number of ether oxygens (including phenoxy) is 1. The summed E-state index contributed by atoms with van der Waals surface area (Å²) in [6.45, 7) is 2.62. The molecule has 0 aliphatic carbocycles. The summed E-state index contributed by atoms with van der Waals surface area (Å²) in [7, 11) is 0. The fourth-order valence-electron chi connectivity index (χ4n) is 2.52. The molecule has 2 aromatic carbocycles. The topological polar surface area (TPSA) is 26.3 Å². The third-order valence-electron chi connectivity index (χ3n) is 3.77. The molecule has 0 N–H and O–H groups in total. The standard InChI is InChI=1S/C20H24O2/c1-2-3-14-22-20(21)16-19(18-12-8-5-9-13-18)15-17-10-6-4-7-11-17/h4-13,19H,2-3,14-16H2,1H3/t19-/m1/s1. The summed E-state index contributed by atoms with van der Waals surface area (Å²) in [6, 6.07) is 20.5. The molecule has 0 aliphatic rings. The highest BCUT2D eigenvalue weighted by Crippen LogP contribution is 2.24. The molecule has 2 rings (SSSR count). The second kappa shape index (κ2) is 9.04. The average molecular weight is 296 g/mol. The van der Waals surface area contributed by atoms with E-state index in [0.717, 1.165) is 19.3 Å². The number of rotatable bonds is 8. The Balaban J connectivity index is 2.04. The van der Waals surface area contributed by atoms with E-state index in [1.54, 1.807) is 0 Å². The average Bonchev–Trinajstić information content (AvgIpc) is 2.56. The highest BCUT2D eigenvalue weighted by molar-refractivity contribution is 5.70. The van der Waals surface area contributed by atoms with Crippen LogP contribution in [0.4, 0.5) is 0 Å². The molecule has 22 heavy (non-hydrogen) atoms. The zero-order chi connectivity index (χ0) is 15.6. The summed E-state index contributed by atoms with van der Waals surface area (Å²) >= 11 is 0. The summed E-state index contributed by atoms with van der Waals surface area (Å²) in [5, 5.41) is 0. The Morgan fingerprint density at radius 2 is 1.64 bits per heavy atom. The lowest BCUT2D eigenvalue weighted by Crippen LogP contribution is -2.13. The first-order valence-corrected chi connectivity index (χ1v) is 8.04. The van der Waals surface area contributed by atoms with E-state index in [0.29, 0.717) is 13.0 Å².